The van der Waals surface area contributed by atoms with Crippen LogP contribution in [0.15, 0.2) is 46.8 Å². The molecule has 0 bridgehead atoms. The van der Waals surface area contributed by atoms with Crippen LogP contribution in [-0.2, 0) is 6.42 Å². The number of anilines is 1. The van der Waals surface area contributed by atoms with Gasteiger partial charge in [0.15, 0.2) is 10.8 Å². The van der Waals surface area contributed by atoms with Crippen molar-refractivity contribution < 1.29 is 0 Å². The van der Waals surface area contributed by atoms with Gasteiger partial charge in [0.1, 0.15) is 5.82 Å². The molecule has 0 amide bonds. The first-order valence-corrected chi connectivity index (χ1v) is 10.6. The molecule has 1 aliphatic heterocycles. The Morgan fingerprint density at radius 3 is 2.43 bits per heavy atom. The van der Waals surface area contributed by atoms with Crippen LogP contribution in [-0.4, -0.2) is 63.0 Å². The maximum atomic E-state index is 7.08. The fourth-order valence-electron chi connectivity index (χ4n) is 3.08. The second kappa shape index (κ2) is 9.15. The van der Waals surface area contributed by atoms with Crippen molar-refractivity contribution in [1.82, 2.24) is 29.8 Å². The molecule has 9 heteroatoms. The van der Waals surface area contributed by atoms with Gasteiger partial charge in [0.05, 0.1) is 12.3 Å². The molecule has 4 rings (SSSR count). The van der Waals surface area contributed by atoms with Crippen LogP contribution in [0.3, 0.4) is 0 Å². The van der Waals surface area contributed by atoms with Gasteiger partial charge in [0, 0.05) is 38.8 Å². The second-order valence-electron chi connectivity index (χ2n) is 6.96. The van der Waals surface area contributed by atoms with Crippen LogP contribution in [0, 0.1) is 6.57 Å². The Morgan fingerprint density at radius 2 is 1.73 bits per heavy atom. The van der Waals surface area contributed by atoms with Gasteiger partial charge in [-0.2, -0.15) is 9.97 Å². The quantitative estimate of drug-likeness (QED) is 0.461. The Labute approximate surface area is 180 Å². The average Bonchev–Trinajstić information content (AvgIpc) is 2.79. The largest absolute Gasteiger partial charge is 0.338 e. The van der Waals surface area contributed by atoms with Gasteiger partial charge in [-0.3, -0.25) is 0 Å². The van der Waals surface area contributed by atoms with Gasteiger partial charge in [-0.15, -0.1) is 0 Å². The van der Waals surface area contributed by atoms with E-state index in [1.165, 1.54) is 11.8 Å². The van der Waals surface area contributed by atoms with E-state index in [0.29, 0.717) is 16.0 Å². The maximum absolute atomic E-state index is 7.08. The zero-order valence-electron chi connectivity index (χ0n) is 17.0. The molecule has 1 fully saturated rings. The number of benzene rings is 1. The third-order valence-electron chi connectivity index (χ3n) is 4.86. The average molecular weight is 419 g/mol. The molecule has 0 aliphatic carbocycles. The van der Waals surface area contributed by atoms with Crippen LogP contribution >= 0.6 is 11.8 Å². The highest BCUT2D eigenvalue weighted by Gasteiger charge is 2.19. The van der Waals surface area contributed by atoms with Crippen LogP contribution in [0.25, 0.3) is 16.1 Å². The minimum Gasteiger partial charge on any atom is -0.338 e. The zero-order chi connectivity index (χ0) is 20.9. The highest BCUT2D eigenvalue weighted by Crippen LogP contribution is 2.26. The number of hydrogen-bond acceptors (Lipinski definition) is 8. The first kappa shape index (κ1) is 20.2. The van der Waals surface area contributed by atoms with Gasteiger partial charge in [0.2, 0.25) is 11.1 Å². The third kappa shape index (κ3) is 4.72. The van der Waals surface area contributed by atoms with Gasteiger partial charge in [0.25, 0.3) is 0 Å². The Bertz CT molecular complexity index is 1060. The van der Waals surface area contributed by atoms with Crippen molar-refractivity contribution in [3.63, 3.8) is 0 Å². The van der Waals surface area contributed by atoms with Crippen molar-refractivity contribution >= 4 is 23.4 Å². The fraction of sp³-hybridized carbons (Fsp3) is 0.333. The van der Waals surface area contributed by atoms with Crippen molar-refractivity contribution in [3.05, 3.63) is 53.8 Å². The van der Waals surface area contributed by atoms with E-state index in [-0.39, 0.29) is 0 Å². The number of aromatic nitrogens is 5. The standard InChI is InChI=1S/C21H22N8S/c1-4-18-25-19(29-13-11-28(3)12-14-29)27-21(26-18)30-20-23-10-9-17(24-20)15-5-7-16(22-2)8-6-15/h5-10H,4,11-14H2,1,3H3. The Balaban J connectivity index is 1.57. The Hall–Kier alpha value is -3.09. The number of aryl methyl sites for hydroxylation is 1. The van der Waals surface area contributed by atoms with E-state index in [2.05, 4.69) is 46.6 Å². The van der Waals surface area contributed by atoms with Gasteiger partial charge >= 0.3 is 0 Å². The highest BCUT2D eigenvalue weighted by atomic mass is 32.2. The lowest BCUT2D eigenvalue weighted by Gasteiger charge is -2.32. The van der Waals surface area contributed by atoms with Gasteiger partial charge in [-0.1, -0.05) is 31.2 Å². The number of rotatable bonds is 5. The molecule has 3 heterocycles. The fourth-order valence-corrected chi connectivity index (χ4v) is 3.78. The third-order valence-corrected chi connectivity index (χ3v) is 5.60. The predicted octanol–water partition coefficient (Wildman–Crippen LogP) is 3.34. The zero-order valence-corrected chi connectivity index (χ0v) is 17.8. The van der Waals surface area contributed by atoms with Crippen molar-refractivity contribution in [2.45, 2.75) is 23.7 Å². The summed E-state index contributed by atoms with van der Waals surface area (Å²) in [5, 5.41) is 1.19. The van der Waals surface area contributed by atoms with Crippen molar-refractivity contribution in [1.29, 1.82) is 0 Å². The molecule has 0 radical (unpaired) electrons. The van der Waals surface area contributed by atoms with Crippen LogP contribution < -0.4 is 4.90 Å². The number of piperazine rings is 1. The summed E-state index contributed by atoms with van der Waals surface area (Å²) in [5.41, 5.74) is 2.35. The molecule has 30 heavy (non-hydrogen) atoms. The second-order valence-corrected chi connectivity index (χ2v) is 7.90. The molecule has 0 saturated carbocycles. The Morgan fingerprint density at radius 1 is 0.967 bits per heavy atom. The van der Waals surface area contributed by atoms with E-state index < -0.39 is 0 Å². The van der Waals surface area contributed by atoms with Gasteiger partial charge in [-0.25, -0.2) is 19.8 Å². The molecule has 3 aromatic rings. The normalized spacial score (nSPS) is 14.5. The molecule has 152 valence electrons. The monoisotopic (exact) mass is 418 g/mol. The summed E-state index contributed by atoms with van der Waals surface area (Å²) in [6.07, 6.45) is 2.47. The summed E-state index contributed by atoms with van der Waals surface area (Å²) in [6.45, 7) is 12.9. The topological polar surface area (TPSA) is 75.3 Å². The Kier molecular flexibility index (Phi) is 6.16. The minimum atomic E-state index is 0.583. The van der Waals surface area contributed by atoms with Gasteiger partial charge in [-0.05, 0) is 30.4 Å². The predicted molar refractivity (Wildman–Crippen MR) is 117 cm³/mol. The van der Waals surface area contributed by atoms with Crippen LogP contribution in [0.2, 0.25) is 0 Å². The molecular weight excluding hydrogens is 396 g/mol. The molecule has 2 aromatic heterocycles. The van der Waals surface area contributed by atoms with Crippen molar-refractivity contribution in [2.24, 2.45) is 0 Å². The van der Waals surface area contributed by atoms with Crippen LogP contribution in [0.1, 0.15) is 12.7 Å². The highest BCUT2D eigenvalue weighted by molar-refractivity contribution is 7.99. The smallest absolute Gasteiger partial charge is 0.229 e. The van der Waals surface area contributed by atoms with Crippen LogP contribution in [0.4, 0.5) is 11.6 Å². The number of hydrogen-bond donors (Lipinski definition) is 0. The SMILES string of the molecule is [C-]#[N+]c1ccc(-c2ccnc(Sc3nc(CC)nc(N4CCN(C)CC4)n3)n2)cc1. The van der Waals surface area contributed by atoms with Crippen LogP contribution in [0.5, 0.6) is 0 Å². The summed E-state index contributed by atoms with van der Waals surface area (Å²) in [5.74, 6) is 1.50. The van der Waals surface area contributed by atoms with E-state index in [0.717, 1.165) is 55.6 Å². The molecule has 1 aliphatic rings. The van der Waals surface area contributed by atoms with E-state index in [4.69, 9.17) is 6.57 Å². The van der Waals surface area contributed by atoms with E-state index in [1.807, 2.05) is 25.1 Å². The van der Waals surface area contributed by atoms with Crippen molar-refractivity contribution in [3.8, 4) is 11.3 Å². The summed E-state index contributed by atoms with van der Waals surface area (Å²) < 4.78 is 0. The van der Waals surface area contributed by atoms with Crippen molar-refractivity contribution in [2.75, 3.05) is 38.1 Å². The number of nitrogens with zero attached hydrogens (tertiary/aromatic N) is 8. The summed E-state index contributed by atoms with van der Waals surface area (Å²) in [6, 6.07) is 9.23. The molecule has 1 saturated heterocycles. The van der Waals surface area contributed by atoms with Gasteiger partial charge < -0.3 is 9.80 Å². The maximum Gasteiger partial charge on any atom is 0.229 e. The summed E-state index contributed by atoms with van der Waals surface area (Å²) >= 11 is 1.34. The molecule has 0 spiro atoms. The molecule has 1 aromatic carbocycles. The minimum absolute atomic E-state index is 0.583. The summed E-state index contributed by atoms with van der Waals surface area (Å²) in [4.78, 5) is 30.9. The first-order chi connectivity index (χ1) is 14.6. The lowest BCUT2D eigenvalue weighted by molar-refractivity contribution is 0.310. The molecule has 0 atom stereocenters. The lowest BCUT2D eigenvalue weighted by Crippen LogP contribution is -2.45. The molecule has 0 N–H and O–H groups in total. The van der Waals surface area contributed by atoms with E-state index in [9.17, 15) is 0 Å². The van der Waals surface area contributed by atoms with E-state index in [1.54, 1.807) is 18.3 Å². The first-order valence-electron chi connectivity index (χ1n) is 9.82. The lowest BCUT2D eigenvalue weighted by atomic mass is 10.1. The summed E-state index contributed by atoms with van der Waals surface area (Å²) in [7, 11) is 2.13. The molecule has 0 unspecified atom stereocenters. The molecular formula is C21H22N8S. The van der Waals surface area contributed by atoms with E-state index >= 15 is 0 Å². The molecule has 8 nitrogen and oxygen atoms in total. The number of likely N-dealkylation sites (N-methyl/N-ethyl adjacent to an activating group) is 1.